The first-order chi connectivity index (χ1) is 17.4. The minimum Gasteiger partial charge on any atom is -0.497 e. The average molecular weight is 523 g/mol. The van der Waals surface area contributed by atoms with Crippen LogP contribution in [-0.4, -0.2) is 44.4 Å². The summed E-state index contributed by atoms with van der Waals surface area (Å²) in [4.78, 5) is 29.2. The number of nitrogens with zero attached hydrogens (tertiary/aromatic N) is 4. The van der Waals surface area contributed by atoms with Gasteiger partial charge in [-0.1, -0.05) is 53.7 Å². The molecule has 0 fully saturated rings. The van der Waals surface area contributed by atoms with Crippen molar-refractivity contribution >= 4 is 40.0 Å². The summed E-state index contributed by atoms with van der Waals surface area (Å²) in [5, 5.41) is 17.0. The molecule has 0 aliphatic heterocycles. The summed E-state index contributed by atoms with van der Waals surface area (Å²) in [6.07, 6.45) is 0.256. The third kappa shape index (κ3) is 6.70. The van der Waals surface area contributed by atoms with E-state index in [9.17, 15) is 9.59 Å². The minimum atomic E-state index is -0.179. The summed E-state index contributed by atoms with van der Waals surface area (Å²) in [5.41, 5.74) is 3.91. The number of carbonyl (C=O) groups is 2. The SMILES string of the molecule is COc1ccc(CC(=O)NCc2nnc(SCC(=O)Nc3nc(-c4ccc(C)cc4)cs3)n2C)cc1. The Morgan fingerprint density at radius 1 is 1.06 bits per heavy atom. The number of hydrogen-bond acceptors (Lipinski definition) is 8. The van der Waals surface area contributed by atoms with Crippen LogP contribution < -0.4 is 15.4 Å². The zero-order valence-electron chi connectivity index (χ0n) is 20.1. The Bertz CT molecular complexity index is 1330. The number of rotatable bonds is 10. The Morgan fingerprint density at radius 2 is 1.81 bits per heavy atom. The van der Waals surface area contributed by atoms with E-state index in [1.165, 1.54) is 28.7 Å². The van der Waals surface area contributed by atoms with Crippen LogP contribution in [0.1, 0.15) is 17.0 Å². The van der Waals surface area contributed by atoms with Gasteiger partial charge in [0.05, 0.1) is 31.5 Å². The topological polar surface area (TPSA) is 111 Å². The van der Waals surface area contributed by atoms with Crippen LogP contribution in [-0.2, 0) is 29.6 Å². The second-order valence-corrected chi connectivity index (χ2v) is 9.80. The van der Waals surface area contributed by atoms with Crippen molar-refractivity contribution in [3.8, 4) is 17.0 Å². The fourth-order valence-electron chi connectivity index (χ4n) is 3.27. The normalized spacial score (nSPS) is 10.8. The summed E-state index contributed by atoms with van der Waals surface area (Å²) in [6, 6.07) is 15.4. The van der Waals surface area contributed by atoms with Crippen LogP contribution in [0.2, 0.25) is 0 Å². The van der Waals surface area contributed by atoms with E-state index >= 15 is 0 Å². The molecule has 2 aromatic carbocycles. The third-order valence-corrected chi connectivity index (χ3v) is 7.10. The first-order valence-corrected chi connectivity index (χ1v) is 13.0. The summed E-state index contributed by atoms with van der Waals surface area (Å²) in [5.74, 6) is 1.21. The Morgan fingerprint density at radius 3 is 2.53 bits per heavy atom. The lowest BCUT2D eigenvalue weighted by atomic mass is 10.1. The van der Waals surface area contributed by atoms with Gasteiger partial charge in [-0.3, -0.25) is 9.59 Å². The number of amides is 2. The van der Waals surface area contributed by atoms with Crippen molar-refractivity contribution < 1.29 is 14.3 Å². The third-order valence-electron chi connectivity index (χ3n) is 5.32. The molecule has 0 radical (unpaired) electrons. The predicted molar refractivity (Wildman–Crippen MR) is 141 cm³/mol. The molecule has 2 aromatic heterocycles. The molecule has 11 heteroatoms. The molecule has 2 heterocycles. The van der Waals surface area contributed by atoms with Crippen LogP contribution in [0.5, 0.6) is 5.75 Å². The Kier molecular flexibility index (Phi) is 8.34. The molecule has 0 saturated heterocycles. The van der Waals surface area contributed by atoms with E-state index in [-0.39, 0.29) is 30.5 Å². The van der Waals surface area contributed by atoms with Gasteiger partial charge in [0.2, 0.25) is 11.8 Å². The highest BCUT2D eigenvalue weighted by molar-refractivity contribution is 7.99. The smallest absolute Gasteiger partial charge is 0.236 e. The molecule has 0 atom stereocenters. The van der Waals surface area contributed by atoms with Crippen molar-refractivity contribution in [1.82, 2.24) is 25.1 Å². The molecule has 186 valence electrons. The molecule has 0 spiro atoms. The number of hydrogen-bond donors (Lipinski definition) is 2. The number of thiazole rings is 1. The van der Waals surface area contributed by atoms with Crippen molar-refractivity contribution in [2.24, 2.45) is 7.05 Å². The lowest BCUT2D eigenvalue weighted by Crippen LogP contribution is -2.26. The molecule has 9 nitrogen and oxygen atoms in total. The van der Waals surface area contributed by atoms with Crippen LogP contribution in [0, 0.1) is 6.92 Å². The fraction of sp³-hybridized carbons (Fsp3) is 0.240. The molecule has 0 unspecified atom stereocenters. The summed E-state index contributed by atoms with van der Waals surface area (Å²) in [7, 11) is 3.41. The van der Waals surface area contributed by atoms with Gasteiger partial charge in [0.1, 0.15) is 5.75 Å². The fourth-order valence-corrected chi connectivity index (χ4v) is 4.73. The molecule has 4 rings (SSSR count). The van der Waals surface area contributed by atoms with Crippen LogP contribution >= 0.6 is 23.1 Å². The highest BCUT2D eigenvalue weighted by Crippen LogP contribution is 2.25. The molecule has 0 aliphatic carbocycles. The van der Waals surface area contributed by atoms with Crippen LogP contribution in [0.4, 0.5) is 5.13 Å². The number of anilines is 1. The van der Waals surface area contributed by atoms with Gasteiger partial charge in [-0.05, 0) is 24.6 Å². The quantitative estimate of drug-likeness (QED) is 0.304. The number of benzene rings is 2. The number of thioether (sulfide) groups is 1. The van der Waals surface area contributed by atoms with Gasteiger partial charge in [-0.15, -0.1) is 21.5 Å². The Labute approximate surface area is 217 Å². The molecule has 0 aliphatic rings. The number of aromatic nitrogens is 4. The van der Waals surface area contributed by atoms with E-state index in [2.05, 4.69) is 25.8 Å². The number of carbonyl (C=O) groups excluding carboxylic acids is 2. The van der Waals surface area contributed by atoms with Crippen molar-refractivity contribution in [1.29, 1.82) is 0 Å². The van der Waals surface area contributed by atoms with Crippen LogP contribution in [0.3, 0.4) is 0 Å². The second-order valence-electron chi connectivity index (χ2n) is 8.00. The number of aryl methyl sites for hydroxylation is 1. The van der Waals surface area contributed by atoms with Gasteiger partial charge in [0.25, 0.3) is 0 Å². The van der Waals surface area contributed by atoms with Crippen molar-refractivity contribution in [3.63, 3.8) is 0 Å². The Hall–Kier alpha value is -3.70. The zero-order chi connectivity index (χ0) is 25.5. The van der Waals surface area contributed by atoms with Crippen molar-refractivity contribution in [2.45, 2.75) is 25.0 Å². The largest absolute Gasteiger partial charge is 0.497 e. The second kappa shape index (κ2) is 11.8. The van der Waals surface area contributed by atoms with E-state index in [4.69, 9.17) is 4.74 Å². The molecule has 36 heavy (non-hydrogen) atoms. The lowest BCUT2D eigenvalue weighted by Gasteiger charge is -2.07. The average Bonchev–Trinajstić information content (AvgIpc) is 3.48. The van der Waals surface area contributed by atoms with E-state index in [0.717, 1.165) is 22.6 Å². The van der Waals surface area contributed by atoms with Gasteiger partial charge in [0, 0.05) is 18.0 Å². The molecule has 4 aromatic rings. The number of nitrogens with one attached hydrogen (secondary N) is 2. The lowest BCUT2D eigenvalue weighted by molar-refractivity contribution is -0.120. The maximum atomic E-state index is 12.4. The van der Waals surface area contributed by atoms with Gasteiger partial charge in [-0.2, -0.15) is 0 Å². The van der Waals surface area contributed by atoms with E-state index in [0.29, 0.717) is 16.1 Å². The Balaban J connectivity index is 1.24. The highest BCUT2D eigenvalue weighted by atomic mass is 32.2. The van der Waals surface area contributed by atoms with E-state index in [1.54, 1.807) is 18.7 Å². The maximum absolute atomic E-state index is 12.4. The standard InChI is InChI=1S/C25H26N6O3S2/c1-16-4-8-18(9-5-16)20-14-35-24(27-20)28-23(33)15-36-25-30-29-21(31(25)2)13-26-22(32)12-17-6-10-19(34-3)11-7-17/h4-11,14H,12-13,15H2,1-3H3,(H,26,32)(H,27,28,33). The summed E-state index contributed by atoms with van der Waals surface area (Å²) < 4.78 is 6.90. The van der Waals surface area contributed by atoms with Gasteiger partial charge >= 0.3 is 0 Å². The molecular formula is C25H26N6O3S2. The molecular weight excluding hydrogens is 496 g/mol. The number of ether oxygens (including phenoxy) is 1. The maximum Gasteiger partial charge on any atom is 0.236 e. The highest BCUT2D eigenvalue weighted by Gasteiger charge is 2.14. The minimum absolute atomic E-state index is 0.120. The predicted octanol–water partition coefficient (Wildman–Crippen LogP) is 3.85. The monoisotopic (exact) mass is 522 g/mol. The van der Waals surface area contributed by atoms with E-state index in [1.807, 2.05) is 60.8 Å². The van der Waals surface area contributed by atoms with Crippen molar-refractivity contribution in [2.75, 3.05) is 18.2 Å². The summed E-state index contributed by atoms with van der Waals surface area (Å²) in [6.45, 7) is 2.28. The first kappa shape index (κ1) is 25.4. The molecule has 0 saturated carbocycles. The van der Waals surface area contributed by atoms with Crippen LogP contribution in [0.25, 0.3) is 11.3 Å². The number of methoxy groups -OCH3 is 1. The van der Waals surface area contributed by atoms with Gasteiger partial charge in [-0.25, -0.2) is 4.98 Å². The first-order valence-electron chi connectivity index (χ1n) is 11.1. The van der Waals surface area contributed by atoms with E-state index < -0.39 is 0 Å². The van der Waals surface area contributed by atoms with Crippen molar-refractivity contribution in [3.05, 3.63) is 70.9 Å². The summed E-state index contributed by atoms with van der Waals surface area (Å²) >= 11 is 2.66. The molecule has 2 N–H and O–H groups in total. The van der Waals surface area contributed by atoms with Gasteiger partial charge in [0.15, 0.2) is 16.1 Å². The van der Waals surface area contributed by atoms with Gasteiger partial charge < -0.3 is 19.9 Å². The molecule has 0 bridgehead atoms. The van der Waals surface area contributed by atoms with Crippen LogP contribution in [0.15, 0.2) is 59.1 Å². The molecule has 2 amide bonds. The zero-order valence-corrected chi connectivity index (χ0v) is 21.8.